The monoisotopic (exact) mass is 346 g/mol. The number of nitrogens with two attached hydrogens (primary N) is 1. The molecule has 6 nitrogen and oxygen atoms in total. The van der Waals surface area contributed by atoms with Gasteiger partial charge in [0.2, 0.25) is 10.0 Å². The lowest BCUT2D eigenvalue weighted by molar-refractivity contribution is 0.597. The van der Waals surface area contributed by atoms with Gasteiger partial charge in [-0.1, -0.05) is 42.0 Å². The predicted molar refractivity (Wildman–Crippen MR) is 96.0 cm³/mol. The van der Waals surface area contributed by atoms with Crippen LogP contribution < -0.4 is 15.8 Å². The van der Waals surface area contributed by atoms with Gasteiger partial charge >= 0.3 is 0 Å². The Bertz CT molecular complexity index is 815. The Morgan fingerprint density at radius 1 is 1.04 bits per heavy atom. The minimum atomic E-state index is -3.69. The van der Waals surface area contributed by atoms with Crippen LogP contribution in [0.4, 0.5) is 0 Å². The normalized spacial score (nSPS) is 12.0. The van der Waals surface area contributed by atoms with E-state index in [1.165, 1.54) is 11.6 Å². The molecular formula is C17H22N4O2S. The fourth-order valence-corrected chi connectivity index (χ4v) is 2.71. The highest BCUT2D eigenvalue weighted by Crippen LogP contribution is 2.09. The van der Waals surface area contributed by atoms with Crippen LogP contribution in [0.15, 0.2) is 58.4 Å². The van der Waals surface area contributed by atoms with Crippen LogP contribution in [0.5, 0.6) is 0 Å². The molecule has 0 atom stereocenters. The van der Waals surface area contributed by atoms with E-state index in [9.17, 15) is 8.42 Å². The van der Waals surface area contributed by atoms with E-state index in [0.717, 1.165) is 11.1 Å². The number of aliphatic imine (C=N–C) groups is 1. The molecule has 2 aromatic rings. The second kappa shape index (κ2) is 7.94. The van der Waals surface area contributed by atoms with Gasteiger partial charge in [-0.05, 0) is 30.2 Å². The first-order chi connectivity index (χ1) is 11.4. The van der Waals surface area contributed by atoms with Gasteiger partial charge in [-0.3, -0.25) is 4.99 Å². The van der Waals surface area contributed by atoms with Crippen LogP contribution in [0, 0.1) is 6.92 Å². The molecule has 0 heterocycles. The number of hydrogen-bond donors (Lipinski definition) is 3. The van der Waals surface area contributed by atoms with Gasteiger partial charge in [0.25, 0.3) is 0 Å². The second-order valence-corrected chi connectivity index (χ2v) is 7.02. The number of nitrogens with zero attached hydrogens (tertiary/aromatic N) is 1. The molecule has 0 saturated carbocycles. The van der Waals surface area contributed by atoms with Crippen molar-refractivity contribution < 1.29 is 8.42 Å². The van der Waals surface area contributed by atoms with Crippen LogP contribution in [0.25, 0.3) is 0 Å². The van der Waals surface area contributed by atoms with Crippen molar-refractivity contribution in [1.29, 1.82) is 0 Å². The summed E-state index contributed by atoms with van der Waals surface area (Å²) in [7, 11) is -2.01. The molecule has 128 valence electrons. The molecule has 0 spiro atoms. The van der Waals surface area contributed by atoms with Gasteiger partial charge in [-0.15, -0.1) is 0 Å². The van der Waals surface area contributed by atoms with Crippen molar-refractivity contribution in [3.8, 4) is 0 Å². The molecule has 7 heteroatoms. The highest BCUT2D eigenvalue weighted by molar-refractivity contribution is 7.89. The van der Waals surface area contributed by atoms with Crippen LogP contribution in [-0.4, -0.2) is 21.4 Å². The third-order valence-corrected chi connectivity index (χ3v) is 4.40. The first-order valence-electron chi connectivity index (χ1n) is 7.50. The zero-order valence-corrected chi connectivity index (χ0v) is 14.6. The lowest BCUT2D eigenvalue weighted by Crippen LogP contribution is -2.36. The minimum Gasteiger partial charge on any atom is -0.352 e. The SMILES string of the molecule is CN=C(NCc1ccc(C)cc1)NCc1cccc(S(N)(=O)=O)c1. The largest absolute Gasteiger partial charge is 0.352 e. The number of aryl methyl sites for hydroxylation is 1. The summed E-state index contributed by atoms with van der Waals surface area (Å²) in [5.41, 5.74) is 3.18. The third kappa shape index (κ3) is 5.36. The smallest absolute Gasteiger partial charge is 0.238 e. The molecule has 0 saturated heterocycles. The first kappa shape index (κ1) is 18.0. The summed E-state index contributed by atoms with van der Waals surface area (Å²) in [4.78, 5) is 4.26. The standard InChI is InChI=1S/C17H22N4O2S/c1-13-6-8-14(9-7-13)11-20-17(19-2)21-12-15-4-3-5-16(10-15)24(18,22)23/h3-10H,11-12H2,1-2H3,(H2,18,22,23)(H2,19,20,21). The molecule has 24 heavy (non-hydrogen) atoms. The van der Waals surface area contributed by atoms with Gasteiger partial charge in [0.1, 0.15) is 0 Å². The summed E-state index contributed by atoms with van der Waals surface area (Å²) < 4.78 is 22.8. The fraction of sp³-hybridized carbons (Fsp3) is 0.235. The summed E-state index contributed by atoms with van der Waals surface area (Å²) >= 11 is 0. The number of guanidine groups is 1. The van der Waals surface area contributed by atoms with Crippen LogP contribution >= 0.6 is 0 Å². The summed E-state index contributed by atoms with van der Waals surface area (Å²) in [5, 5.41) is 11.5. The molecule has 0 aliphatic rings. The van der Waals surface area contributed by atoms with Crippen LogP contribution in [0.1, 0.15) is 16.7 Å². The summed E-state index contributed by atoms with van der Waals surface area (Å²) in [6.45, 7) is 3.14. The van der Waals surface area contributed by atoms with Gasteiger partial charge in [-0.25, -0.2) is 13.6 Å². The molecule has 0 bridgehead atoms. The average molecular weight is 346 g/mol. The molecule has 0 aliphatic heterocycles. The van der Waals surface area contributed by atoms with Crippen molar-refractivity contribution in [3.05, 3.63) is 65.2 Å². The Morgan fingerprint density at radius 2 is 1.67 bits per heavy atom. The van der Waals surface area contributed by atoms with E-state index in [4.69, 9.17) is 5.14 Å². The Kier molecular flexibility index (Phi) is 5.94. The highest BCUT2D eigenvalue weighted by atomic mass is 32.2. The van der Waals surface area contributed by atoms with E-state index in [0.29, 0.717) is 19.0 Å². The van der Waals surface area contributed by atoms with E-state index in [1.807, 2.05) is 13.0 Å². The van der Waals surface area contributed by atoms with Gasteiger partial charge in [-0.2, -0.15) is 0 Å². The Labute approximate surface area is 142 Å². The van der Waals surface area contributed by atoms with Crippen LogP contribution in [0.3, 0.4) is 0 Å². The number of sulfonamides is 1. The number of benzene rings is 2. The molecule has 0 amide bonds. The molecule has 4 N–H and O–H groups in total. The number of rotatable bonds is 5. The maximum Gasteiger partial charge on any atom is 0.238 e. The van der Waals surface area contributed by atoms with E-state index >= 15 is 0 Å². The third-order valence-electron chi connectivity index (χ3n) is 3.49. The van der Waals surface area contributed by atoms with Gasteiger partial charge in [0, 0.05) is 20.1 Å². The minimum absolute atomic E-state index is 0.101. The quantitative estimate of drug-likeness (QED) is 0.565. The molecule has 0 aromatic heterocycles. The predicted octanol–water partition coefficient (Wildman–Crippen LogP) is 1.51. The lowest BCUT2D eigenvalue weighted by atomic mass is 10.1. The van der Waals surface area contributed by atoms with E-state index in [2.05, 4.69) is 39.9 Å². The molecular weight excluding hydrogens is 324 g/mol. The lowest BCUT2D eigenvalue weighted by Gasteiger charge is -2.12. The van der Waals surface area contributed by atoms with Crippen molar-refractivity contribution in [3.63, 3.8) is 0 Å². The van der Waals surface area contributed by atoms with Crippen LogP contribution in [-0.2, 0) is 23.1 Å². The second-order valence-electron chi connectivity index (χ2n) is 5.46. The van der Waals surface area contributed by atoms with Gasteiger partial charge < -0.3 is 10.6 Å². The van der Waals surface area contributed by atoms with E-state index in [-0.39, 0.29) is 4.90 Å². The van der Waals surface area contributed by atoms with Crippen molar-refractivity contribution in [1.82, 2.24) is 10.6 Å². The van der Waals surface area contributed by atoms with Gasteiger partial charge in [0.05, 0.1) is 4.90 Å². The van der Waals surface area contributed by atoms with Crippen molar-refractivity contribution in [2.75, 3.05) is 7.05 Å². The Hall–Kier alpha value is -2.38. The molecule has 0 radical (unpaired) electrons. The molecule has 0 unspecified atom stereocenters. The van der Waals surface area contributed by atoms with Crippen molar-refractivity contribution in [2.45, 2.75) is 24.9 Å². The fourth-order valence-electron chi connectivity index (χ4n) is 2.13. The number of hydrogen-bond acceptors (Lipinski definition) is 3. The summed E-state index contributed by atoms with van der Waals surface area (Å²) in [5.74, 6) is 0.636. The summed E-state index contributed by atoms with van der Waals surface area (Å²) in [6, 6.07) is 14.8. The molecule has 0 aliphatic carbocycles. The summed E-state index contributed by atoms with van der Waals surface area (Å²) in [6.07, 6.45) is 0. The highest BCUT2D eigenvalue weighted by Gasteiger charge is 2.08. The maximum absolute atomic E-state index is 11.4. The molecule has 2 rings (SSSR count). The molecule has 2 aromatic carbocycles. The van der Waals surface area contributed by atoms with Gasteiger partial charge in [0.15, 0.2) is 5.96 Å². The average Bonchev–Trinajstić information content (AvgIpc) is 2.56. The zero-order valence-electron chi connectivity index (χ0n) is 13.8. The Morgan fingerprint density at radius 3 is 2.25 bits per heavy atom. The molecule has 0 fully saturated rings. The Balaban J connectivity index is 1.93. The zero-order chi connectivity index (χ0) is 17.6. The van der Waals surface area contributed by atoms with E-state index in [1.54, 1.807) is 19.2 Å². The van der Waals surface area contributed by atoms with Crippen molar-refractivity contribution >= 4 is 16.0 Å². The first-order valence-corrected chi connectivity index (χ1v) is 9.05. The number of primary sulfonamides is 1. The maximum atomic E-state index is 11.4. The topological polar surface area (TPSA) is 96.6 Å². The van der Waals surface area contributed by atoms with Crippen LogP contribution in [0.2, 0.25) is 0 Å². The van der Waals surface area contributed by atoms with Crippen molar-refractivity contribution in [2.24, 2.45) is 10.1 Å². The van der Waals surface area contributed by atoms with E-state index < -0.39 is 10.0 Å². The number of nitrogens with one attached hydrogen (secondary N) is 2.